The van der Waals surface area contributed by atoms with E-state index >= 15 is 0 Å². The molecule has 0 spiro atoms. The lowest BCUT2D eigenvalue weighted by Crippen LogP contribution is -2.31. The van der Waals surface area contributed by atoms with E-state index in [0.717, 1.165) is 0 Å². The maximum atomic E-state index is 12.8. The van der Waals surface area contributed by atoms with Gasteiger partial charge in [0.25, 0.3) is 11.8 Å². The van der Waals surface area contributed by atoms with Gasteiger partial charge in [0.05, 0.1) is 5.52 Å². The van der Waals surface area contributed by atoms with Gasteiger partial charge in [-0.25, -0.2) is 4.98 Å². The quantitative estimate of drug-likeness (QED) is 0.673. The highest BCUT2D eigenvalue weighted by atomic mass is 16.2. The minimum absolute atomic E-state index is 0.127. The topological polar surface area (TPSA) is 95.8 Å². The monoisotopic (exact) mass is 393 g/mol. The van der Waals surface area contributed by atoms with Crippen LogP contribution in [0.4, 0.5) is 11.4 Å². The van der Waals surface area contributed by atoms with Crippen LogP contribution >= 0.6 is 0 Å². The minimum atomic E-state index is -0.433. The molecule has 3 aromatic rings. The molecule has 0 aliphatic rings. The van der Waals surface area contributed by atoms with Gasteiger partial charge < -0.3 is 15.5 Å². The first-order valence-electron chi connectivity index (χ1n) is 9.40. The van der Waals surface area contributed by atoms with E-state index in [-0.39, 0.29) is 23.3 Å². The van der Waals surface area contributed by atoms with Gasteiger partial charge in [0.1, 0.15) is 0 Å². The average molecular weight is 393 g/mol. The van der Waals surface area contributed by atoms with Crippen molar-refractivity contribution in [3.63, 3.8) is 0 Å². The number of nitrogens with one attached hydrogen (secondary N) is 2. The smallest absolute Gasteiger partial charge is 0.292 e. The van der Waals surface area contributed by atoms with Crippen molar-refractivity contribution in [2.24, 2.45) is 0 Å². The molecule has 0 bridgehead atoms. The number of amides is 3. The van der Waals surface area contributed by atoms with Gasteiger partial charge in [-0.15, -0.1) is 0 Å². The molecule has 0 unspecified atom stereocenters. The highest BCUT2D eigenvalue weighted by Crippen LogP contribution is 2.18. The van der Waals surface area contributed by atoms with E-state index < -0.39 is 5.91 Å². The molecule has 0 radical (unpaired) electrons. The number of pyridine rings is 1. The summed E-state index contributed by atoms with van der Waals surface area (Å²) in [7, 11) is 0. The van der Waals surface area contributed by atoms with Crippen LogP contribution in [0.3, 0.4) is 0 Å². The number of aromatic nitrogens is 2. The van der Waals surface area contributed by atoms with Crippen LogP contribution in [0.1, 0.15) is 41.9 Å². The number of nitrogens with zero attached hydrogens (tertiary/aromatic N) is 3. The van der Waals surface area contributed by atoms with E-state index in [1.807, 2.05) is 13.8 Å². The fourth-order valence-electron chi connectivity index (χ4n) is 3.04. The summed E-state index contributed by atoms with van der Waals surface area (Å²) in [4.78, 5) is 42.8. The number of rotatable bonds is 6. The Bertz CT molecular complexity index is 1050. The molecule has 2 heterocycles. The number of hydrogen-bond acceptors (Lipinski definition) is 4. The first-order chi connectivity index (χ1) is 13.9. The molecule has 2 N–H and O–H groups in total. The molecule has 8 heteroatoms. The molecule has 1 aromatic carbocycles. The number of imidazole rings is 1. The van der Waals surface area contributed by atoms with Gasteiger partial charge >= 0.3 is 0 Å². The predicted octanol–water partition coefficient (Wildman–Crippen LogP) is 3.03. The Kier molecular flexibility index (Phi) is 5.92. The lowest BCUT2D eigenvalue weighted by Gasteiger charge is -2.17. The lowest BCUT2D eigenvalue weighted by atomic mass is 10.2. The van der Waals surface area contributed by atoms with E-state index in [2.05, 4.69) is 15.6 Å². The Morgan fingerprint density at radius 2 is 1.59 bits per heavy atom. The van der Waals surface area contributed by atoms with Crippen LogP contribution in [0.5, 0.6) is 0 Å². The summed E-state index contributed by atoms with van der Waals surface area (Å²) in [5.74, 6) is -0.687. The van der Waals surface area contributed by atoms with Crippen LogP contribution in [0, 0.1) is 0 Å². The first kappa shape index (κ1) is 20.1. The molecule has 0 saturated carbocycles. The van der Waals surface area contributed by atoms with Gasteiger partial charge in [0, 0.05) is 37.6 Å². The second-order valence-corrected chi connectivity index (χ2v) is 6.43. The van der Waals surface area contributed by atoms with Crippen LogP contribution in [0.25, 0.3) is 5.52 Å². The Morgan fingerprint density at radius 3 is 2.17 bits per heavy atom. The fraction of sp³-hybridized carbons (Fsp3) is 0.238. The molecule has 0 atom stereocenters. The predicted molar refractivity (Wildman–Crippen MR) is 111 cm³/mol. The number of fused-ring (bicyclic) bond motifs is 1. The highest BCUT2D eigenvalue weighted by molar-refractivity contribution is 6.06. The zero-order valence-corrected chi connectivity index (χ0v) is 16.6. The van der Waals surface area contributed by atoms with Crippen molar-refractivity contribution in [1.82, 2.24) is 14.3 Å². The normalized spacial score (nSPS) is 10.6. The van der Waals surface area contributed by atoms with Gasteiger partial charge in [0.2, 0.25) is 11.7 Å². The van der Waals surface area contributed by atoms with E-state index in [9.17, 15) is 14.4 Å². The fourth-order valence-corrected chi connectivity index (χ4v) is 3.04. The molecular formula is C21H23N5O3. The van der Waals surface area contributed by atoms with E-state index in [4.69, 9.17) is 0 Å². The summed E-state index contributed by atoms with van der Waals surface area (Å²) in [5.41, 5.74) is 2.01. The molecular weight excluding hydrogens is 370 g/mol. The second kappa shape index (κ2) is 8.55. The molecule has 2 aromatic heterocycles. The molecule has 3 rings (SSSR count). The third-order valence-corrected chi connectivity index (χ3v) is 4.47. The van der Waals surface area contributed by atoms with Crippen molar-refractivity contribution in [1.29, 1.82) is 0 Å². The van der Waals surface area contributed by atoms with Gasteiger partial charge in [-0.05, 0) is 50.2 Å². The van der Waals surface area contributed by atoms with Gasteiger partial charge in [0.15, 0.2) is 5.69 Å². The molecule has 8 nitrogen and oxygen atoms in total. The second-order valence-electron chi connectivity index (χ2n) is 6.43. The maximum absolute atomic E-state index is 12.8. The summed E-state index contributed by atoms with van der Waals surface area (Å²) < 4.78 is 1.61. The van der Waals surface area contributed by atoms with Crippen LogP contribution in [-0.2, 0) is 4.79 Å². The van der Waals surface area contributed by atoms with E-state index in [1.54, 1.807) is 58.0 Å². The SMILES string of the molecule is CCN(CC)C(=O)c1nc(C(=O)Nc2ccc(NC(C)=O)cc2)n2ccccc12. The third kappa shape index (κ3) is 4.26. The van der Waals surface area contributed by atoms with E-state index in [1.165, 1.54) is 6.92 Å². The Balaban J connectivity index is 1.90. The summed E-state index contributed by atoms with van der Waals surface area (Å²) in [6.45, 7) is 6.35. The highest BCUT2D eigenvalue weighted by Gasteiger charge is 2.24. The number of carbonyl (C=O) groups is 3. The Hall–Kier alpha value is -3.68. The largest absolute Gasteiger partial charge is 0.338 e. The summed E-state index contributed by atoms with van der Waals surface area (Å²) in [6, 6.07) is 12.1. The molecule has 0 fully saturated rings. The average Bonchev–Trinajstić information content (AvgIpc) is 3.10. The number of hydrogen-bond donors (Lipinski definition) is 2. The maximum Gasteiger partial charge on any atom is 0.292 e. The zero-order valence-electron chi connectivity index (χ0n) is 16.6. The van der Waals surface area contributed by atoms with Crippen molar-refractivity contribution in [2.75, 3.05) is 23.7 Å². The van der Waals surface area contributed by atoms with Gasteiger partial charge in [-0.1, -0.05) is 6.07 Å². The van der Waals surface area contributed by atoms with Crippen molar-refractivity contribution in [2.45, 2.75) is 20.8 Å². The van der Waals surface area contributed by atoms with Crippen molar-refractivity contribution >= 4 is 34.6 Å². The molecule has 0 aliphatic carbocycles. The molecule has 29 heavy (non-hydrogen) atoms. The molecule has 0 aliphatic heterocycles. The van der Waals surface area contributed by atoms with Crippen molar-refractivity contribution in [3.8, 4) is 0 Å². The lowest BCUT2D eigenvalue weighted by molar-refractivity contribution is -0.114. The molecule has 150 valence electrons. The first-order valence-corrected chi connectivity index (χ1v) is 9.40. The summed E-state index contributed by atoms with van der Waals surface area (Å²) in [5, 5.41) is 5.45. The minimum Gasteiger partial charge on any atom is -0.338 e. The van der Waals surface area contributed by atoms with Crippen molar-refractivity contribution in [3.05, 3.63) is 60.2 Å². The van der Waals surface area contributed by atoms with Crippen LogP contribution in [-0.4, -0.2) is 45.1 Å². The standard InChI is InChI=1S/C21H23N5O3/c1-4-25(5-2)21(29)18-17-8-6-7-13-26(17)19(24-18)20(28)23-16-11-9-15(10-12-16)22-14(3)27/h6-13H,4-5H2,1-3H3,(H,22,27)(H,23,28). The van der Waals surface area contributed by atoms with Crippen molar-refractivity contribution < 1.29 is 14.4 Å². The number of carbonyl (C=O) groups excluding carboxylic acids is 3. The number of benzene rings is 1. The third-order valence-electron chi connectivity index (χ3n) is 4.47. The van der Waals surface area contributed by atoms with Crippen LogP contribution in [0.2, 0.25) is 0 Å². The molecule has 0 saturated heterocycles. The van der Waals surface area contributed by atoms with E-state index in [0.29, 0.717) is 30.0 Å². The van der Waals surface area contributed by atoms with Crippen LogP contribution < -0.4 is 10.6 Å². The van der Waals surface area contributed by atoms with Crippen LogP contribution in [0.15, 0.2) is 48.7 Å². The summed E-state index contributed by atoms with van der Waals surface area (Å²) >= 11 is 0. The zero-order chi connectivity index (χ0) is 21.0. The molecule has 3 amide bonds. The Morgan fingerprint density at radius 1 is 0.966 bits per heavy atom. The Labute approximate surface area is 168 Å². The summed E-state index contributed by atoms with van der Waals surface area (Å²) in [6.07, 6.45) is 1.70. The van der Waals surface area contributed by atoms with Gasteiger partial charge in [-0.2, -0.15) is 0 Å². The number of anilines is 2. The van der Waals surface area contributed by atoms with Gasteiger partial charge in [-0.3, -0.25) is 18.8 Å².